The Morgan fingerprint density at radius 3 is 3.17 bits per heavy atom. The molecule has 0 N–H and O–H groups in total. The summed E-state index contributed by atoms with van der Waals surface area (Å²) in [4.78, 5) is 0. The predicted molar refractivity (Wildman–Crippen MR) is 44.4 cm³/mol. The zero-order valence-electron chi connectivity index (χ0n) is 6.49. The Morgan fingerprint density at radius 2 is 2.17 bits per heavy atom. The molecule has 1 unspecified atom stereocenters. The van der Waals surface area contributed by atoms with Crippen LogP contribution in [0.4, 0.5) is 0 Å². The van der Waals surface area contributed by atoms with Gasteiger partial charge in [-0.2, -0.15) is 0 Å². The highest BCUT2D eigenvalue weighted by Crippen LogP contribution is 2.19. The Bertz CT molecular complexity index is 433. The zero-order chi connectivity index (χ0) is 7.97. The van der Waals surface area contributed by atoms with Crippen molar-refractivity contribution in [1.29, 1.82) is 0 Å². The minimum atomic E-state index is 0.0717. The van der Waals surface area contributed by atoms with Gasteiger partial charge in [-0.25, -0.2) is 0 Å². The van der Waals surface area contributed by atoms with Crippen LogP contribution >= 0.6 is 0 Å². The number of benzene rings is 1. The maximum Gasteiger partial charge on any atom is 0.190 e. The van der Waals surface area contributed by atoms with Crippen molar-refractivity contribution < 1.29 is 9.47 Å². The second-order valence-electron chi connectivity index (χ2n) is 2.97. The molecular formula is C10H8O2. The smallest absolute Gasteiger partial charge is 0.190 e. The Balaban J connectivity index is 2.42. The van der Waals surface area contributed by atoms with Gasteiger partial charge in [-0.3, -0.25) is 0 Å². The van der Waals surface area contributed by atoms with Crippen LogP contribution in [0.2, 0.25) is 0 Å². The van der Waals surface area contributed by atoms with Gasteiger partial charge in [-0.15, -0.1) is 0 Å². The molecule has 0 amide bonds. The average Bonchev–Trinajstić information content (AvgIpc) is 2.62. The van der Waals surface area contributed by atoms with Gasteiger partial charge in [0.2, 0.25) is 0 Å². The van der Waals surface area contributed by atoms with E-state index in [0.29, 0.717) is 6.79 Å². The standard InChI is InChI=1S/C10H8O2/c1-2-4-8-7(3-1)5-9-10(8)12-6-11-9/h1-5,9H,6H2. The van der Waals surface area contributed by atoms with Crippen molar-refractivity contribution in [3.05, 3.63) is 34.7 Å². The van der Waals surface area contributed by atoms with Crippen molar-refractivity contribution in [3.8, 4) is 0 Å². The normalized spacial score (nSPS) is 24.3. The molecule has 1 aliphatic heterocycles. The van der Waals surface area contributed by atoms with E-state index in [1.54, 1.807) is 0 Å². The quantitative estimate of drug-likeness (QED) is 0.530. The minimum Gasteiger partial charge on any atom is -0.468 e. The molecule has 1 aromatic carbocycles. The van der Waals surface area contributed by atoms with E-state index in [1.165, 1.54) is 10.4 Å². The van der Waals surface area contributed by atoms with Crippen molar-refractivity contribution in [3.63, 3.8) is 0 Å². The van der Waals surface area contributed by atoms with Crippen LogP contribution in [-0.4, -0.2) is 12.9 Å². The molecule has 1 saturated heterocycles. The van der Waals surface area contributed by atoms with Gasteiger partial charge in [-0.05, 0) is 11.3 Å². The molecule has 1 fully saturated rings. The fourth-order valence-corrected chi connectivity index (χ4v) is 1.71. The molecule has 0 spiro atoms. The van der Waals surface area contributed by atoms with E-state index < -0.39 is 0 Å². The van der Waals surface area contributed by atoms with E-state index >= 15 is 0 Å². The summed E-state index contributed by atoms with van der Waals surface area (Å²) in [7, 11) is 0. The molecule has 0 bridgehead atoms. The summed E-state index contributed by atoms with van der Waals surface area (Å²) in [6.07, 6.45) is 2.17. The SMILES string of the molecule is C1=c2ccccc2=C2OCOC12. The van der Waals surface area contributed by atoms with Gasteiger partial charge in [-0.1, -0.05) is 24.3 Å². The van der Waals surface area contributed by atoms with Crippen LogP contribution in [0.15, 0.2) is 24.3 Å². The van der Waals surface area contributed by atoms with E-state index in [0.717, 1.165) is 5.76 Å². The molecule has 1 atom stereocenters. The van der Waals surface area contributed by atoms with Gasteiger partial charge in [0.05, 0.1) is 0 Å². The molecule has 0 radical (unpaired) electrons. The number of hydrogen-bond acceptors (Lipinski definition) is 2. The van der Waals surface area contributed by atoms with Gasteiger partial charge in [0, 0.05) is 5.22 Å². The lowest BCUT2D eigenvalue weighted by Crippen LogP contribution is -2.22. The van der Waals surface area contributed by atoms with Gasteiger partial charge in [0.25, 0.3) is 0 Å². The van der Waals surface area contributed by atoms with Crippen LogP contribution in [0.1, 0.15) is 0 Å². The second kappa shape index (κ2) is 2.11. The molecule has 0 saturated carbocycles. The van der Waals surface area contributed by atoms with Crippen molar-refractivity contribution in [2.24, 2.45) is 0 Å². The summed E-state index contributed by atoms with van der Waals surface area (Å²) >= 11 is 0. The minimum absolute atomic E-state index is 0.0717. The maximum absolute atomic E-state index is 5.37. The van der Waals surface area contributed by atoms with E-state index in [-0.39, 0.29) is 6.10 Å². The third kappa shape index (κ3) is 0.676. The lowest BCUT2D eigenvalue weighted by atomic mass is 10.3. The molecule has 2 aliphatic rings. The monoisotopic (exact) mass is 160 g/mol. The highest BCUT2D eigenvalue weighted by molar-refractivity contribution is 5.61. The molecule has 0 aromatic heterocycles. The second-order valence-corrected chi connectivity index (χ2v) is 2.97. The Hall–Kier alpha value is -1.28. The van der Waals surface area contributed by atoms with E-state index in [2.05, 4.69) is 18.2 Å². The summed E-state index contributed by atoms with van der Waals surface area (Å²) in [5.74, 6) is 0.977. The molecule has 1 heterocycles. The molecule has 2 nitrogen and oxygen atoms in total. The van der Waals surface area contributed by atoms with E-state index in [4.69, 9.17) is 9.47 Å². The molecule has 60 valence electrons. The lowest BCUT2D eigenvalue weighted by Gasteiger charge is -1.94. The first-order valence-electron chi connectivity index (χ1n) is 4.01. The molecule has 1 aliphatic carbocycles. The summed E-state index contributed by atoms with van der Waals surface area (Å²) in [6.45, 7) is 0.394. The zero-order valence-corrected chi connectivity index (χ0v) is 6.49. The first-order chi connectivity index (χ1) is 5.95. The summed E-state index contributed by atoms with van der Waals surface area (Å²) in [5, 5.41) is 2.40. The van der Waals surface area contributed by atoms with Crippen LogP contribution in [0, 0.1) is 0 Å². The first-order valence-corrected chi connectivity index (χ1v) is 4.01. The summed E-state index contributed by atoms with van der Waals surface area (Å²) in [6, 6.07) is 8.18. The van der Waals surface area contributed by atoms with Crippen molar-refractivity contribution in [1.82, 2.24) is 0 Å². The Labute approximate surface area is 69.7 Å². The van der Waals surface area contributed by atoms with Crippen LogP contribution in [0.5, 0.6) is 0 Å². The fraction of sp³-hybridized carbons (Fsp3) is 0.200. The number of rotatable bonds is 0. The van der Waals surface area contributed by atoms with Gasteiger partial charge < -0.3 is 9.47 Å². The molecule has 3 rings (SSSR count). The predicted octanol–water partition coefficient (Wildman–Crippen LogP) is -0.0382. The highest BCUT2D eigenvalue weighted by atomic mass is 16.7. The van der Waals surface area contributed by atoms with E-state index in [1.807, 2.05) is 12.1 Å². The van der Waals surface area contributed by atoms with Crippen LogP contribution in [0.25, 0.3) is 11.8 Å². The van der Waals surface area contributed by atoms with Crippen LogP contribution < -0.4 is 10.4 Å². The fourth-order valence-electron chi connectivity index (χ4n) is 1.71. The van der Waals surface area contributed by atoms with E-state index in [9.17, 15) is 0 Å². The summed E-state index contributed by atoms with van der Waals surface area (Å²) < 4.78 is 10.7. The molecule has 2 heteroatoms. The summed E-state index contributed by atoms with van der Waals surface area (Å²) in [5.41, 5.74) is 0. The van der Waals surface area contributed by atoms with Crippen molar-refractivity contribution in [2.75, 3.05) is 6.79 Å². The highest BCUT2D eigenvalue weighted by Gasteiger charge is 2.25. The van der Waals surface area contributed by atoms with Crippen molar-refractivity contribution in [2.45, 2.75) is 6.10 Å². The number of fused-ring (bicyclic) bond motifs is 2. The molecule has 1 aromatic rings. The third-order valence-corrected chi connectivity index (χ3v) is 2.28. The van der Waals surface area contributed by atoms with Gasteiger partial charge in [0.1, 0.15) is 11.9 Å². The van der Waals surface area contributed by atoms with Crippen LogP contribution in [0.3, 0.4) is 0 Å². The molecule has 12 heavy (non-hydrogen) atoms. The van der Waals surface area contributed by atoms with Gasteiger partial charge >= 0.3 is 0 Å². The third-order valence-electron chi connectivity index (χ3n) is 2.28. The van der Waals surface area contributed by atoms with Crippen LogP contribution in [-0.2, 0) is 9.47 Å². The number of ether oxygens (including phenoxy) is 2. The number of hydrogen-bond donors (Lipinski definition) is 0. The largest absolute Gasteiger partial charge is 0.468 e. The van der Waals surface area contributed by atoms with Crippen molar-refractivity contribution >= 4 is 11.8 Å². The average molecular weight is 160 g/mol. The van der Waals surface area contributed by atoms with Gasteiger partial charge in [0.15, 0.2) is 6.79 Å². The first kappa shape index (κ1) is 6.26. The lowest BCUT2D eigenvalue weighted by molar-refractivity contribution is 0.0695. The Kier molecular flexibility index (Phi) is 1.10. The molecular weight excluding hydrogens is 152 g/mol. The maximum atomic E-state index is 5.37. The topological polar surface area (TPSA) is 18.5 Å². The Morgan fingerprint density at radius 1 is 1.25 bits per heavy atom.